The average Bonchev–Trinajstić information content (AvgIpc) is 3.32. The van der Waals surface area contributed by atoms with Crippen LogP contribution in [0, 0.1) is 23.7 Å². The third kappa shape index (κ3) is 34.2. The number of carbonyl (C=O) groups excluding carboxylic acids is 4. The zero-order chi connectivity index (χ0) is 48.0. The smallest absolute Gasteiger partial charge is 0.309 e. The second kappa shape index (κ2) is 46.6. The van der Waals surface area contributed by atoms with E-state index in [4.69, 9.17) is 18.9 Å². The average molecular weight is 933 g/mol. The molecule has 0 amide bonds. The number of hydrogen-bond donors (Lipinski definition) is 0. The largest absolute Gasteiger partial charge is 0.465 e. The summed E-state index contributed by atoms with van der Waals surface area (Å²) in [6, 6.07) is 0. The highest BCUT2D eigenvalue weighted by atomic mass is 16.5. The van der Waals surface area contributed by atoms with E-state index in [9.17, 15) is 19.2 Å². The molecule has 0 aromatic rings. The van der Waals surface area contributed by atoms with Gasteiger partial charge in [0.1, 0.15) is 0 Å². The van der Waals surface area contributed by atoms with Gasteiger partial charge in [0, 0.05) is 0 Å². The first-order chi connectivity index (χ1) is 32.4. The molecule has 8 heteroatoms. The van der Waals surface area contributed by atoms with E-state index in [-0.39, 0.29) is 39.3 Å². The van der Waals surface area contributed by atoms with Gasteiger partial charge < -0.3 is 18.9 Å². The number of hydrogen-bond acceptors (Lipinski definition) is 8. The van der Waals surface area contributed by atoms with Crippen LogP contribution in [-0.4, -0.2) is 50.3 Å². The van der Waals surface area contributed by atoms with Gasteiger partial charge in [-0.1, -0.05) is 259 Å². The van der Waals surface area contributed by atoms with Crippen LogP contribution in [0.3, 0.4) is 0 Å². The molecule has 0 aromatic heterocycles. The van der Waals surface area contributed by atoms with Crippen LogP contribution in [0.1, 0.15) is 297 Å². The lowest BCUT2D eigenvalue weighted by Gasteiger charge is -2.37. The van der Waals surface area contributed by atoms with E-state index in [1.165, 1.54) is 180 Å². The van der Waals surface area contributed by atoms with Gasteiger partial charge in [0.15, 0.2) is 0 Å². The van der Waals surface area contributed by atoms with E-state index >= 15 is 0 Å². The topological polar surface area (TPSA) is 105 Å². The maximum atomic E-state index is 13.9. The van der Waals surface area contributed by atoms with E-state index in [0.717, 1.165) is 77.0 Å². The standard InChI is InChI=1S/C58H108O8/c1-5-9-13-17-21-25-29-33-37-41-45-63-55(59)51-49-53(57(61)65-47-43-39-35-31-27-23-19-15-11-7-3)54(58(62)66-48-44-40-36-32-28-24-20-16-12-8-4)50-52(51)56(60)64-46-42-38-34-30-26-22-18-14-10-6-2/h51-54H,5-50H2,1-4H3. The Kier molecular flexibility index (Phi) is 43.7. The van der Waals surface area contributed by atoms with Crippen LogP contribution in [0.2, 0.25) is 0 Å². The molecule has 66 heavy (non-hydrogen) atoms. The van der Waals surface area contributed by atoms with Gasteiger partial charge in [-0.2, -0.15) is 0 Å². The molecule has 0 radical (unpaired) electrons. The predicted molar refractivity (Wildman–Crippen MR) is 274 cm³/mol. The Labute approximate surface area is 408 Å². The molecule has 1 saturated carbocycles. The van der Waals surface area contributed by atoms with Crippen molar-refractivity contribution in [3.05, 3.63) is 0 Å². The summed E-state index contributed by atoms with van der Waals surface area (Å²) in [6.45, 7) is 10.1. The third-order valence-electron chi connectivity index (χ3n) is 14.2. The molecular weight excluding hydrogens is 825 g/mol. The minimum absolute atomic E-state index is 0.0176. The van der Waals surface area contributed by atoms with E-state index < -0.39 is 47.5 Å². The highest BCUT2D eigenvalue weighted by Crippen LogP contribution is 2.41. The lowest BCUT2D eigenvalue weighted by molar-refractivity contribution is -0.175. The first-order valence-corrected chi connectivity index (χ1v) is 29.1. The molecule has 0 heterocycles. The summed E-state index contributed by atoms with van der Waals surface area (Å²) < 4.78 is 23.5. The van der Waals surface area contributed by atoms with Gasteiger partial charge in [-0.15, -0.1) is 0 Å². The Bertz CT molecular complexity index is 954. The molecule has 4 atom stereocenters. The van der Waals surface area contributed by atoms with Crippen LogP contribution in [0.5, 0.6) is 0 Å². The molecule has 1 rings (SSSR count). The molecule has 0 N–H and O–H groups in total. The fraction of sp³-hybridized carbons (Fsp3) is 0.931. The van der Waals surface area contributed by atoms with Crippen LogP contribution >= 0.6 is 0 Å². The van der Waals surface area contributed by atoms with Crippen LogP contribution in [-0.2, 0) is 38.1 Å². The van der Waals surface area contributed by atoms with Crippen molar-refractivity contribution in [2.45, 2.75) is 297 Å². The molecule has 1 aliphatic rings. The lowest BCUT2D eigenvalue weighted by Crippen LogP contribution is -2.46. The fourth-order valence-electron chi connectivity index (χ4n) is 9.72. The van der Waals surface area contributed by atoms with Gasteiger partial charge in [-0.05, 0) is 38.5 Å². The van der Waals surface area contributed by atoms with Crippen molar-refractivity contribution in [1.82, 2.24) is 0 Å². The number of rotatable bonds is 48. The van der Waals surface area contributed by atoms with Crippen molar-refractivity contribution in [2.24, 2.45) is 23.7 Å². The number of esters is 4. The van der Waals surface area contributed by atoms with E-state index in [1.54, 1.807) is 0 Å². The zero-order valence-electron chi connectivity index (χ0n) is 44.1. The summed E-state index contributed by atoms with van der Waals surface area (Å²) in [5.41, 5.74) is 0. The predicted octanol–water partition coefficient (Wildman–Crippen LogP) is 17.1. The first-order valence-electron chi connectivity index (χ1n) is 29.1. The van der Waals surface area contributed by atoms with Gasteiger partial charge in [0.25, 0.3) is 0 Å². The maximum absolute atomic E-state index is 13.9. The van der Waals surface area contributed by atoms with E-state index in [1.807, 2.05) is 0 Å². The number of unbranched alkanes of at least 4 members (excludes halogenated alkanes) is 36. The van der Waals surface area contributed by atoms with Crippen LogP contribution in [0.15, 0.2) is 0 Å². The summed E-state index contributed by atoms with van der Waals surface area (Å²) in [5, 5.41) is 0. The second-order valence-electron chi connectivity index (χ2n) is 20.3. The Morgan fingerprint density at radius 3 is 0.530 bits per heavy atom. The summed E-state index contributed by atoms with van der Waals surface area (Å²) in [7, 11) is 0. The molecule has 1 aliphatic carbocycles. The summed E-state index contributed by atoms with van der Waals surface area (Å²) in [4.78, 5) is 55.7. The van der Waals surface area contributed by atoms with Gasteiger partial charge in [-0.25, -0.2) is 0 Å². The summed E-state index contributed by atoms with van der Waals surface area (Å²) >= 11 is 0. The van der Waals surface area contributed by atoms with Crippen molar-refractivity contribution in [3.63, 3.8) is 0 Å². The van der Waals surface area contributed by atoms with Crippen LogP contribution in [0.25, 0.3) is 0 Å². The molecule has 1 fully saturated rings. The van der Waals surface area contributed by atoms with Crippen molar-refractivity contribution in [1.29, 1.82) is 0 Å². The number of carbonyl (C=O) groups is 4. The van der Waals surface area contributed by atoms with Crippen molar-refractivity contribution in [3.8, 4) is 0 Å². The van der Waals surface area contributed by atoms with Crippen molar-refractivity contribution < 1.29 is 38.1 Å². The fourth-order valence-corrected chi connectivity index (χ4v) is 9.72. The molecule has 4 unspecified atom stereocenters. The lowest BCUT2D eigenvalue weighted by atomic mass is 9.68. The van der Waals surface area contributed by atoms with Gasteiger partial charge >= 0.3 is 23.9 Å². The van der Waals surface area contributed by atoms with Crippen LogP contribution < -0.4 is 0 Å². The Balaban J connectivity index is 2.92. The second-order valence-corrected chi connectivity index (χ2v) is 20.3. The Morgan fingerprint density at radius 2 is 0.379 bits per heavy atom. The summed E-state index contributed by atoms with van der Waals surface area (Å²) in [5.74, 6) is -5.42. The molecule has 8 nitrogen and oxygen atoms in total. The minimum Gasteiger partial charge on any atom is -0.465 e. The van der Waals surface area contributed by atoms with Crippen molar-refractivity contribution >= 4 is 23.9 Å². The van der Waals surface area contributed by atoms with Crippen LogP contribution in [0.4, 0.5) is 0 Å². The van der Waals surface area contributed by atoms with E-state index in [0.29, 0.717) is 0 Å². The highest BCUT2D eigenvalue weighted by molar-refractivity contribution is 5.87. The van der Waals surface area contributed by atoms with E-state index in [2.05, 4.69) is 27.7 Å². The Hall–Kier alpha value is -2.12. The first kappa shape index (κ1) is 61.9. The Morgan fingerprint density at radius 1 is 0.242 bits per heavy atom. The SMILES string of the molecule is CCCCCCCCCCCCOC(=O)C1CC(C(=O)OCCCCCCCCCCCC)C(C(=O)OCCCCCCCCCCCC)CC1C(=O)OCCCCCCCCCCCC. The minimum atomic E-state index is -0.880. The summed E-state index contributed by atoms with van der Waals surface area (Å²) in [6.07, 6.45) is 47.1. The molecule has 388 valence electrons. The van der Waals surface area contributed by atoms with Crippen molar-refractivity contribution in [2.75, 3.05) is 26.4 Å². The molecule has 0 saturated heterocycles. The molecule has 0 aromatic carbocycles. The third-order valence-corrected chi connectivity index (χ3v) is 14.2. The molecule has 0 spiro atoms. The highest BCUT2D eigenvalue weighted by Gasteiger charge is 2.51. The molecule has 0 bridgehead atoms. The molecule has 0 aliphatic heterocycles. The van der Waals surface area contributed by atoms with Gasteiger partial charge in [0.05, 0.1) is 50.1 Å². The maximum Gasteiger partial charge on any atom is 0.309 e. The van der Waals surface area contributed by atoms with Gasteiger partial charge in [0.2, 0.25) is 0 Å². The quantitative estimate of drug-likeness (QED) is 0.0337. The van der Waals surface area contributed by atoms with Gasteiger partial charge in [-0.3, -0.25) is 19.2 Å². The normalized spacial score (nSPS) is 17.2. The zero-order valence-corrected chi connectivity index (χ0v) is 44.1. The monoisotopic (exact) mass is 933 g/mol. The molecular formula is C58H108O8. The number of ether oxygens (including phenoxy) is 4.